The van der Waals surface area contributed by atoms with E-state index < -0.39 is 10.1 Å². The Labute approximate surface area is 208 Å². The summed E-state index contributed by atoms with van der Waals surface area (Å²) in [6, 6.07) is 5.21. The zero-order valence-corrected chi connectivity index (χ0v) is 19.7. The van der Waals surface area contributed by atoms with Crippen LogP contribution in [-0.4, -0.2) is 42.5 Å². The minimum absolute atomic E-state index is 0. The number of unbranched alkanes of at least 4 members (excludes halogenated alkanes) is 14. The molecule has 0 saturated carbocycles. The van der Waals surface area contributed by atoms with Gasteiger partial charge in [-0.3, -0.25) is 4.55 Å². The van der Waals surface area contributed by atoms with Crippen molar-refractivity contribution in [2.24, 2.45) is 0 Å². The van der Waals surface area contributed by atoms with E-state index in [1.165, 1.54) is 89.5 Å². The van der Waals surface area contributed by atoms with Crippen LogP contribution >= 0.6 is 0 Å². The molecule has 0 aliphatic heterocycles. The predicted octanol–water partition coefficient (Wildman–Crippen LogP) is 7.26. The SMILES string of the molecule is CCCCCCCCCCCCCCCCCc1c(CC)cccc1S(=O)(=O)O.[NaH]. The minimum atomic E-state index is -4.14. The van der Waals surface area contributed by atoms with E-state index >= 15 is 0 Å². The third-order valence-electron chi connectivity index (χ3n) is 5.92. The Bertz CT molecular complexity index is 644. The topological polar surface area (TPSA) is 54.4 Å². The molecule has 0 aromatic heterocycles. The summed E-state index contributed by atoms with van der Waals surface area (Å²) in [6.45, 7) is 4.30. The van der Waals surface area contributed by atoms with Crippen LogP contribution in [0.2, 0.25) is 0 Å². The molecule has 5 heteroatoms. The van der Waals surface area contributed by atoms with Gasteiger partial charge in [0, 0.05) is 0 Å². The normalized spacial score (nSPS) is 11.4. The fraction of sp³-hybridized carbons (Fsp3) is 0.760. The molecule has 0 radical (unpaired) electrons. The number of benzene rings is 1. The van der Waals surface area contributed by atoms with Gasteiger partial charge in [0.25, 0.3) is 10.1 Å². The van der Waals surface area contributed by atoms with Crippen LogP contribution in [0.3, 0.4) is 0 Å². The van der Waals surface area contributed by atoms with Crippen molar-refractivity contribution in [3.05, 3.63) is 29.3 Å². The van der Waals surface area contributed by atoms with Gasteiger partial charge in [0.05, 0.1) is 4.90 Å². The van der Waals surface area contributed by atoms with Gasteiger partial charge in [0.2, 0.25) is 0 Å². The van der Waals surface area contributed by atoms with Crippen LogP contribution in [0.1, 0.15) is 121 Å². The van der Waals surface area contributed by atoms with Crippen molar-refractivity contribution < 1.29 is 13.0 Å². The number of rotatable bonds is 18. The van der Waals surface area contributed by atoms with Gasteiger partial charge in [-0.15, -0.1) is 0 Å². The van der Waals surface area contributed by atoms with Gasteiger partial charge in [-0.2, -0.15) is 8.42 Å². The molecule has 0 spiro atoms. The third kappa shape index (κ3) is 13.5. The fourth-order valence-electron chi connectivity index (χ4n) is 4.14. The fourth-order valence-corrected chi connectivity index (χ4v) is 4.94. The summed E-state index contributed by atoms with van der Waals surface area (Å²) in [6.07, 6.45) is 21.3. The van der Waals surface area contributed by atoms with Crippen LogP contribution in [0.25, 0.3) is 0 Å². The van der Waals surface area contributed by atoms with Crippen molar-refractivity contribution in [2.75, 3.05) is 0 Å². The molecule has 1 aromatic carbocycles. The van der Waals surface area contributed by atoms with Gasteiger partial charge in [-0.25, -0.2) is 0 Å². The molecule has 3 nitrogen and oxygen atoms in total. The Morgan fingerprint density at radius 2 is 1.13 bits per heavy atom. The average molecular weight is 449 g/mol. The van der Waals surface area contributed by atoms with E-state index in [2.05, 4.69) is 6.92 Å². The van der Waals surface area contributed by atoms with E-state index in [9.17, 15) is 13.0 Å². The molecule has 1 aromatic rings. The van der Waals surface area contributed by atoms with Gasteiger partial charge < -0.3 is 0 Å². The molecule has 1 N–H and O–H groups in total. The number of hydrogen-bond donors (Lipinski definition) is 1. The molecule has 0 saturated heterocycles. The maximum absolute atomic E-state index is 11.6. The molecule has 0 unspecified atom stereocenters. The summed E-state index contributed by atoms with van der Waals surface area (Å²) in [5.41, 5.74) is 1.85. The summed E-state index contributed by atoms with van der Waals surface area (Å²) < 4.78 is 32.8. The Kier molecular flexibility index (Phi) is 18.8. The molecule has 30 heavy (non-hydrogen) atoms. The van der Waals surface area contributed by atoms with Gasteiger partial charge in [-0.05, 0) is 36.5 Å². The molecule has 0 atom stereocenters. The first-order valence-corrected chi connectivity index (χ1v) is 13.5. The second-order valence-corrected chi connectivity index (χ2v) is 9.81. The molecule has 170 valence electrons. The Balaban J connectivity index is 0.00000841. The van der Waals surface area contributed by atoms with Gasteiger partial charge >= 0.3 is 29.6 Å². The molecule has 0 heterocycles. The molecule has 0 amide bonds. The van der Waals surface area contributed by atoms with Gasteiger partial charge in [0.15, 0.2) is 0 Å². The van der Waals surface area contributed by atoms with E-state index in [1.54, 1.807) is 6.07 Å². The molecule has 1 rings (SSSR count). The van der Waals surface area contributed by atoms with Crippen molar-refractivity contribution in [1.82, 2.24) is 0 Å². The first-order chi connectivity index (χ1) is 14.0. The quantitative estimate of drug-likeness (QED) is 0.146. The summed E-state index contributed by atoms with van der Waals surface area (Å²) in [7, 11) is -4.14. The second-order valence-electron chi connectivity index (χ2n) is 8.42. The Morgan fingerprint density at radius 1 is 0.700 bits per heavy atom. The van der Waals surface area contributed by atoms with Crippen molar-refractivity contribution in [3.63, 3.8) is 0 Å². The summed E-state index contributed by atoms with van der Waals surface area (Å²) in [5.74, 6) is 0. The number of aryl methyl sites for hydroxylation is 1. The Morgan fingerprint density at radius 3 is 1.53 bits per heavy atom. The van der Waals surface area contributed by atoms with Crippen LogP contribution in [0.15, 0.2) is 23.1 Å². The molecule has 0 aliphatic carbocycles. The monoisotopic (exact) mass is 448 g/mol. The molecular weight excluding hydrogens is 403 g/mol. The zero-order valence-electron chi connectivity index (χ0n) is 18.9. The van der Waals surface area contributed by atoms with Crippen molar-refractivity contribution >= 4 is 39.7 Å². The van der Waals surface area contributed by atoms with Gasteiger partial charge in [-0.1, -0.05) is 116 Å². The number of hydrogen-bond acceptors (Lipinski definition) is 2. The van der Waals surface area contributed by atoms with E-state index in [-0.39, 0.29) is 34.5 Å². The third-order valence-corrected chi connectivity index (χ3v) is 6.86. The van der Waals surface area contributed by atoms with Crippen LogP contribution in [0.4, 0.5) is 0 Å². The standard InChI is InChI=1S/C25H44O3S.Na.H/c1-3-5-6-7-8-9-10-11-12-13-14-15-16-17-18-21-24-23(4-2)20-19-22-25(24)29(26,27)28;;/h19-20,22H,3-18,21H2,1-2H3,(H,26,27,28);;. The average Bonchev–Trinajstić information content (AvgIpc) is 2.70. The van der Waals surface area contributed by atoms with E-state index in [1.807, 2.05) is 13.0 Å². The van der Waals surface area contributed by atoms with Crippen LogP contribution in [-0.2, 0) is 23.0 Å². The first kappa shape index (κ1) is 30.1. The Hall–Kier alpha value is 0.130. The molecule has 0 aliphatic rings. The summed E-state index contributed by atoms with van der Waals surface area (Å²) >= 11 is 0. The van der Waals surface area contributed by atoms with Gasteiger partial charge in [0.1, 0.15) is 0 Å². The maximum atomic E-state index is 11.6. The van der Waals surface area contributed by atoms with E-state index in [4.69, 9.17) is 0 Å². The predicted molar refractivity (Wildman–Crippen MR) is 131 cm³/mol. The summed E-state index contributed by atoms with van der Waals surface area (Å²) in [5, 5.41) is 0. The van der Waals surface area contributed by atoms with Crippen molar-refractivity contribution in [1.29, 1.82) is 0 Å². The zero-order chi connectivity index (χ0) is 21.4. The van der Waals surface area contributed by atoms with Crippen molar-refractivity contribution in [2.45, 2.75) is 128 Å². The molecular formula is C25H45NaO3S. The van der Waals surface area contributed by atoms with Crippen LogP contribution in [0.5, 0.6) is 0 Å². The van der Waals surface area contributed by atoms with E-state index in [0.717, 1.165) is 36.8 Å². The molecule has 0 bridgehead atoms. The van der Waals surface area contributed by atoms with E-state index in [0.29, 0.717) is 0 Å². The second kappa shape index (κ2) is 18.7. The first-order valence-electron chi connectivity index (χ1n) is 12.1. The summed E-state index contributed by atoms with van der Waals surface area (Å²) in [4.78, 5) is 0.0993. The van der Waals surface area contributed by atoms with Crippen LogP contribution < -0.4 is 0 Å². The molecule has 0 fully saturated rings. The van der Waals surface area contributed by atoms with Crippen molar-refractivity contribution in [3.8, 4) is 0 Å². The van der Waals surface area contributed by atoms with Crippen LogP contribution in [0, 0.1) is 0 Å².